The van der Waals surface area contributed by atoms with E-state index in [1.807, 2.05) is 32.9 Å². The molecule has 0 bridgehead atoms. The Hall–Kier alpha value is -2.55. The highest BCUT2D eigenvalue weighted by atomic mass is 35.5. The van der Waals surface area contributed by atoms with Gasteiger partial charge in [-0.25, -0.2) is 4.98 Å². The van der Waals surface area contributed by atoms with E-state index in [-0.39, 0.29) is 18.3 Å². The molecule has 0 N–H and O–H groups in total. The number of likely N-dealkylation sites (N-methyl/N-ethyl adjacent to an activating group) is 1. The van der Waals surface area contributed by atoms with Gasteiger partial charge >= 0.3 is 0 Å². The maximum Gasteiger partial charge on any atom is 0.260 e. The second kappa shape index (κ2) is 13.5. The van der Waals surface area contributed by atoms with E-state index in [1.54, 1.807) is 30.2 Å². The van der Waals surface area contributed by atoms with Gasteiger partial charge in [0.05, 0.1) is 25.0 Å². The summed E-state index contributed by atoms with van der Waals surface area (Å²) in [5.41, 5.74) is 2.43. The van der Waals surface area contributed by atoms with Crippen LogP contribution >= 0.6 is 23.7 Å². The molecule has 9 heteroatoms. The highest BCUT2D eigenvalue weighted by Crippen LogP contribution is 2.37. The van der Waals surface area contributed by atoms with Gasteiger partial charge in [0.25, 0.3) is 5.91 Å². The number of amides is 1. The number of fused-ring (bicyclic) bond motifs is 1. The number of carbonyl (C=O) groups excluding carboxylic acids is 1. The van der Waals surface area contributed by atoms with E-state index in [0.29, 0.717) is 47.7 Å². The zero-order chi connectivity index (χ0) is 24.7. The number of benzene rings is 2. The van der Waals surface area contributed by atoms with E-state index in [4.69, 9.17) is 19.2 Å². The molecular formula is C26H36ClN3O4S. The van der Waals surface area contributed by atoms with Crippen molar-refractivity contribution in [2.45, 2.75) is 34.6 Å². The van der Waals surface area contributed by atoms with Gasteiger partial charge in [-0.15, -0.1) is 12.4 Å². The lowest BCUT2D eigenvalue weighted by Crippen LogP contribution is -2.38. The fourth-order valence-electron chi connectivity index (χ4n) is 3.78. The van der Waals surface area contributed by atoms with Gasteiger partial charge in [-0.2, -0.15) is 0 Å². The Morgan fingerprint density at radius 1 is 0.943 bits per heavy atom. The van der Waals surface area contributed by atoms with Gasteiger partial charge in [0, 0.05) is 18.7 Å². The van der Waals surface area contributed by atoms with Crippen molar-refractivity contribution in [3.05, 3.63) is 41.5 Å². The van der Waals surface area contributed by atoms with Crippen molar-refractivity contribution in [2.24, 2.45) is 0 Å². The molecule has 0 radical (unpaired) electrons. The third-order valence-corrected chi connectivity index (χ3v) is 6.93. The molecule has 192 valence electrons. The molecule has 7 nitrogen and oxygen atoms in total. The molecule has 2 aromatic carbocycles. The molecule has 3 rings (SSSR count). The van der Waals surface area contributed by atoms with Crippen molar-refractivity contribution < 1.29 is 19.0 Å². The first-order valence-corrected chi connectivity index (χ1v) is 12.7. The molecule has 0 unspecified atom stereocenters. The Balaban J connectivity index is 0.00000432. The summed E-state index contributed by atoms with van der Waals surface area (Å²) < 4.78 is 18.0. The summed E-state index contributed by atoms with van der Waals surface area (Å²) in [7, 11) is 1.64. The normalized spacial score (nSPS) is 10.8. The van der Waals surface area contributed by atoms with Crippen LogP contribution in [0.4, 0.5) is 5.13 Å². The summed E-state index contributed by atoms with van der Waals surface area (Å²) in [4.78, 5) is 22.7. The first-order chi connectivity index (χ1) is 16.5. The van der Waals surface area contributed by atoms with Crippen LogP contribution in [-0.4, -0.2) is 62.3 Å². The van der Waals surface area contributed by atoms with Gasteiger partial charge in [0.1, 0.15) is 11.3 Å². The zero-order valence-electron chi connectivity index (χ0n) is 21.4. The summed E-state index contributed by atoms with van der Waals surface area (Å²) in [6.45, 7) is 14.3. The molecule has 0 fully saturated rings. The monoisotopic (exact) mass is 521 g/mol. The van der Waals surface area contributed by atoms with Crippen molar-refractivity contribution in [1.82, 2.24) is 9.88 Å². The maximum atomic E-state index is 13.8. The van der Waals surface area contributed by atoms with Crippen molar-refractivity contribution in [2.75, 3.05) is 51.4 Å². The fourth-order valence-corrected chi connectivity index (χ4v) is 4.86. The molecule has 1 heterocycles. The fraction of sp³-hybridized carbons (Fsp3) is 0.462. The van der Waals surface area contributed by atoms with Crippen molar-refractivity contribution in [3.8, 4) is 17.2 Å². The lowest BCUT2D eigenvalue weighted by atomic mass is 10.1. The number of carbonyl (C=O) groups is 1. The van der Waals surface area contributed by atoms with E-state index < -0.39 is 0 Å². The summed E-state index contributed by atoms with van der Waals surface area (Å²) in [5, 5.41) is 0.659. The molecule has 0 saturated heterocycles. The number of anilines is 1. The second-order valence-electron chi connectivity index (χ2n) is 7.77. The number of aromatic nitrogens is 1. The number of ether oxygens (including phenoxy) is 3. The highest BCUT2D eigenvalue weighted by Gasteiger charge is 2.24. The Morgan fingerprint density at radius 2 is 1.60 bits per heavy atom. The minimum absolute atomic E-state index is 0. The predicted molar refractivity (Wildman–Crippen MR) is 146 cm³/mol. The smallest absolute Gasteiger partial charge is 0.260 e. The van der Waals surface area contributed by atoms with Gasteiger partial charge in [0.15, 0.2) is 16.6 Å². The molecule has 0 spiro atoms. The largest absolute Gasteiger partial charge is 0.494 e. The second-order valence-corrected chi connectivity index (χ2v) is 8.75. The van der Waals surface area contributed by atoms with Crippen LogP contribution in [0.25, 0.3) is 10.2 Å². The van der Waals surface area contributed by atoms with E-state index in [9.17, 15) is 4.79 Å². The van der Waals surface area contributed by atoms with Gasteiger partial charge in [-0.05, 0) is 63.7 Å². The average Bonchev–Trinajstić information content (AvgIpc) is 3.29. The van der Waals surface area contributed by atoms with Crippen molar-refractivity contribution >= 4 is 45.0 Å². The number of methoxy groups -OCH3 is 1. The number of halogens is 1. The number of hydrogen-bond donors (Lipinski definition) is 0. The molecule has 1 amide bonds. The van der Waals surface area contributed by atoms with Crippen LogP contribution in [0, 0.1) is 6.92 Å². The van der Waals surface area contributed by atoms with Gasteiger partial charge in [-0.3, -0.25) is 9.69 Å². The summed E-state index contributed by atoms with van der Waals surface area (Å²) in [6.07, 6.45) is 0. The van der Waals surface area contributed by atoms with Crippen LogP contribution < -0.4 is 19.1 Å². The molecule has 3 aromatic rings. The predicted octanol–water partition coefficient (Wildman–Crippen LogP) is 5.82. The number of nitrogens with zero attached hydrogens (tertiary/aromatic N) is 3. The minimum atomic E-state index is -0.119. The number of rotatable bonds is 12. The Kier molecular flexibility index (Phi) is 11.1. The van der Waals surface area contributed by atoms with Crippen LogP contribution in [0.3, 0.4) is 0 Å². The van der Waals surface area contributed by atoms with Gasteiger partial charge in [-0.1, -0.05) is 31.3 Å². The van der Waals surface area contributed by atoms with E-state index in [1.165, 1.54) is 11.3 Å². The molecular weight excluding hydrogens is 486 g/mol. The minimum Gasteiger partial charge on any atom is -0.494 e. The molecule has 0 atom stereocenters. The quantitative estimate of drug-likeness (QED) is 0.299. The SMILES string of the molecule is CCOc1ccc(C(=O)N(CCN(CC)CC)c2nc3c(OC)ccc(C)c3s2)cc1OCC.Cl. The summed E-state index contributed by atoms with van der Waals surface area (Å²) in [6, 6.07) is 9.30. The Labute approximate surface area is 218 Å². The lowest BCUT2D eigenvalue weighted by molar-refractivity contribution is 0.0983. The van der Waals surface area contributed by atoms with Crippen LogP contribution in [0.1, 0.15) is 43.6 Å². The maximum absolute atomic E-state index is 13.8. The molecule has 35 heavy (non-hydrogen) atoms. The number of thiazole rings is 1. The third-order valence-electron chi connectivity index (χ3n) is 5.71. The lowest BCUT2D eigenvalue weighted by Gasteiger charge is -2.25. The Morgan fingerprint density at radius 3 is 2.23 bits per heavy atom. The molecule has 1 aromatic heterocycles. The van der Waals surface area contributed by atoms with E-state index in [0.717, 1.165) is 35.4 Å². The average molecular weight is 522 g/mol. The Bertz CT molecular complexity index is 1120. The van der Waals surface area contributed by atoms with Crippen LogP contribution in [0.15, 0.2) is 30.3 Å². The molecule has 0 aliphatic rings. The van der Waals surface area contributed by atoms with Crippen molar-refractivity contribution in [3.63, 3.8) is 0 Å². The molecule has 0 aliphatic heterocycles. The van der Waals surface area contributed by atoms with Gasteiger partial charge < -0.3 is 19.1 Å². The van der Waals surface area contributed by atoms with E-state index in [2.05, 4.69) is 18.7 Å². The molecule has 0 aliphatic carbocycles. The van der Waals surface area contributed by atoms with Crippen molar-refractivity contribution in [1.29, 1.82) is 0 Å². The highest BCUT2D eigenvalue weighted by molar-refractivity contribution is 7.22. The van der Waals surface area contributed by atoms with Crippen LogP contribution in [0.2, 0.25) is 0 Å². The van der Waals surface area contributed by atoms with E-state index >= 15 is 0 Å². The first kappa shape index (κ1) is 28.7. The number of hydrogen-bond acceptors (Lipinski definition) is 7. The van der Waals surface area contributed by atoms with Gasteiger partial charge in [0.2, 0.25) is 0 Å². The van der Waals surface area contributed by atoms with Crippen LogP contribution in [-0.2, 0) is 0 Å². The number of aryl methyl sites for hydroxylation is 1. The summed E-state index contributed by atoms with van der Waals surface area (Å²) in [5.74, 6) is 1.79. The zero-order valence-corrected chi connectivity index (χ0v) is 23.1. The third kappa shape index (κ3) is 6.57. The molecule has 0 saturated carbocycles. The standard InChI is InChI=1S/C26H35N3O4S.ClH/c1-7-28(8-2)15-16-29(26-27-23-21(31-6)13-11-18(5)24(23)34-26)25(30)19-12-14-20(32-9-3)22(17-19)33-10-4;/h11-14,17H,7-10,15-16H2,1-6H3;1H. The topological polar surface area (TPSA) is 64.1 Å². The van der Waals surface area contributed by atoms with Crippen LogP contribution in [0.5, 0.6) is 17.2 Å². The summed E-state index contributed by atoms with van der Waals surface area (Å²) >= 11 is 1.52. The first-order valence-electron chi connectivity index (χ1n) is 11.8.